The third-order valence-corrected chi connectivity index (χ3v) is 4.52. The first-order chi connectivity index (χ1) is 10.1. The second kappa shape index (κ2) is 6.14. The monoisotopic (exact) mass is 285 g/mol. The fraction of sp³-hybridized carbons (Fsp3) is 0.444. The molecule has 21 heavy (non-hydrogen) atoms. The standard InChI is InChI=1S/C18H23NO2/c1-13-17(9-10-21-13)19(2)12-18(20)16-8-7-14-5-3-4-6-15(14)11-16/h3-8,11,13,17-18,20H,9-10,12H2,1-2H3. The summed E-state index contributed by atoms with van der Waals surface area (Å²) in [6.45, 7) is 3.57. The molecule has 3 heteroatoms. The van der Waals surface area contributed by atoms with Crippen LogP contribution in [0.1, 0.15) is 25.0 Å². The lowest BCUT2D eigenvalue weighted by molar-refractivity contribution is 0.0579. The van der Waals surface area contributed by atoms with E-state index in [1.165, 1.54) is 10.8 Å². The van der Waals surface area contributed by atoms with Gasteiger partial charge in [-0.25, -0.2) is 0 Å². The van der Waals surface area contributed by atoms with Gasteiger partial charge < -0.3 is 9.84 Å². The van der Waals surface area contributed by atoms with E-state index in [9.17, 15) is 5.11 Å². The van der Waals surface area contributed by atoms with Crippen LogP contribution in [0.15, 0.2) is 42.5 Å². The Morgan fingerprint density at radius 1 is 1.24 bits per heavy atom. The molecule has 2 aromatic carbocycles. The maximum absolute atomic E-state index is 10.5. The third-order valence-electron chi connectivity index (χ3n) is 4.52. The van der Waals surface area contributed by atoms with Crippen LogP contribution in [0.5, 0.6) is 0 Å². The molecular formula is C18H23NO2. The van der Waals surface area contributed by atoms with Crippen molar-refractivity contribution in [3.05, 3.63) is 48.0 Å². The summed E-state index contributed by atoms with van der Waals surface area (Å²) in [5.74, 6) is 0. The van der Waals surface area contributed by atoms with Gasteiger partial charge in [-0.1, -0.05) is 36.4 Å². The molecule has 0 bridgehead atoms. The molecule has 1 heterocycles. The Bertz CT molecular complexity index is 613. The van der Waals surface area contributed by atoms with Crippen LogP contribution < -0.4 is 0 Å². The van der Waals surface area contributed by atoms with Gasteiger partial charge in [0.15, 0.2) is 0 Å². The molecule has 1 fully saturated rings. The fourth-order valence-electron chi connectivity index (χ4n) is 3.23. The van der Waals surface area contributed by atoms with Crippen LogP contribution >= 0.6 is 0 Å². The molecule has 3 atom stereocenters. The maximum atomic E-state index is 10.5. The van der Waals surface area contributed by atoms with Gasteiger partial charge in [0, 0.05) is 19.2 Å². The average Bonchev–Trinajstić information content (AvgIpc) is 2.93. The molecule has 0 aliphatic carbocycles. The van der Waals surface area contributed by atoms with Crippen molar-refractivity contribution in [3.63, 3.8) is 0 Å². The minimum Gasteiger partial charge on any atom is -0.387 e. The number of ether oxygens (including phenoxy) is 1. The Morgan fingerprint density at radius 2 is 2.00 bits per heavy atom. The molecule has 1 N–H and O–H groups in total. The van der Waals surface area contributed by atoms with Crippen molar-refractivity contribution in [2.75, 3.05) is 20.2 Å². The molecule has 1 aliphatic heterocycles. The van der Waals surface area contributed by atoms with Crippen LogP contribution in [0.2, 0.25) is 0 Å². The number of hydrogen-bond acceptors (Lipinski definition) is 3. The van der Waals surface area contributed by atoms with Gasteiger partial charge in [-0.3, -0.25) is 4.90 Å². The Labute approximate surface area is 126 Å². The van der Waals surface area contributed by atoms with Crippen LogP contribution in [0.25, 0.3) is 10.8 Å². The van der Waals surface area contributed by atoms with Gasteiger partial charge >= 0.3 is 0 Å². The Kier molecular flexibility index (Phi) is 4.24. The van der Waals surface area contributed by atoms with E-state index in [2.05, 4.69) is 43.1 Å². The van der Waals surface area contributed by atoms with Crippen molar-refractivity contribution in [2.24, 2.45) is 0 Å². The topological polar surface area (TPSA) is 32.7 Å². The molecule has 0 aromatic heterocycles. The summed E-state index contributed by atoms with van der Waals surface area (Å²) in [6.07, 6.45) is 0.827. The van der Waals surface area contributed by atoms with Crippen molar-refractivity contribution >= 4 is 10.8 Å². The summed E-state index contributed by atoms with van der Waals surface area (Å²) >= 11 is 0. The molecule has 3 rings (SSSR count). The van der Waals surface area contributed by atoms with E-state index >= 15 is 0 Å². The van der Waals surface area contributed by atoms with Gasteiger partial charge in [0.1, 0.15) is 0 Å². The molecule has 1 saturated heterocycles. The molecular weight excluding hydrogens is 262 g/mol. The lowest BCUT2D eigenvalue weighted by atomic mass is 10.0. The van der Waals surface area contributed by atoms with E-state index < -0.39 is 6.10 Å². The quantitative estimate of drug-likeness (QED) is 0.937. The lowest BCUT2D eigenvalue weighted by Gasteiger charge is -2.28. The minimum absolute atomic E-state index is 0.249. The summed E-state index contributed by atoms with van der Waals surface area (Å²) < 4.78 is 5.61. The highest BCUT2D eigenvalue weighted by atomic mass is 16.5. The SMILES string of the molecule is CC1OCCC1N(C)CC(O)c1ccc2ccccc2c1. The van der Waals surface area contributed by atoms with E-state index in [1.54, 1.807) is 0 Å². The predicted molar refractivity (Wildman–Crippen MR) is 85.4 cm³/mol. The fourth-order valence-corrected chi connectivity index (χ4v) is 3.23. The highest BCUT2D eigenvalue weighted by Crippen LogP contribution is 2.24. The number of benzene rings is 2. The number of fused-ring (bicyclic) bond motifs is 1. The zero-order valence-electron chi connectivity index (χ0n) is 12.7. The smallest absolute Gasteiger partial charge is 0.0917 e. The first-order valence-electron chi connectivity index (χ1n) is 7.64. The summed E-state index contributed by atoms with van der Waals surface area (Å²) in [5.41, 5.74) is 0.979. The first kappa shape index (κ1) is 14.5. The number of aliphatic hydroxyl groups excluding tert-OH is 1. The molecule has 3 nitrogen and oxygen atoms in total. The molecule has 0 radical (unpaired) electrons. The van der Waals surface area contributed by atoms with Gasteiger partial charge in [-0.15, -0.1) is 0 Å². The van der Waals surface area contributed by atoms with Crippen LogP contribution in [0, 0.1) is 0 Å². The van der Waals surface area contributed by atoms with Gasteiger partial charge in [0.05, 0.1) is 12.2 Å². The molecule has 2 aromatic rings. The first-order valence-corrected chi connectivity index (χ1v) is 7.64. The molecule has 3 unspecified atom stereocenters. The van der Waals surface area contributed by atoms with E-state index in [1.807, 2.05) is 18.2 Å². The maximum Gasteiger partial charge on any atom is 0.0917 e. The predicted octanol–water partition coefficient (Wildman–Crippen LogP) is 2.98. The largest absolute Gasteiger partial charge is 0.387 e. The second-order valence-corrected chi connectivity index (χ2v) is 5.99. The average molecular weight is 285 g/mol. The Balaban J connectivity index is 1.72. The van der Waals surface area contributed by atoms with Crippen molar-refractivity contribution in [1.29, 1.82) is 0 Å². The number of nitrogens with zero attached hydrogens (tertiary/aromatic N) is 1. The lowest BCUT2D eigenvalue weighted by Crippen LogP contribution is -2.39. The van der Waals surface area contributed by atoms with Crippen molar-refractivity contribution in [2.45, 2.75) is 31.6 Å². The second-order valence-electron chi connectivity index (χ2n) is 5.99. The van der Waals surface area contributed by atoms with Crippen LogP contribution in [-0.2, 0) is 4.74 Å². The normalized spacial score (nSPS) is 23.8. The Morgan fingerprint density at radius 3 is 2.71 bits per heavy atom. The zero-order valence-corrected chi connectivity index (χ0v) is 12.7. The minimum atomic E-state index is -0.465. The number of hydrogen-bond donors (Lipinski definition) is 1. The zero-order chi connectivity index (χ0) is 14.8. The van der Waals surface area contributed by atoms with E-state index in [-0.39, 0.29) is 6.10 Å². The number of rotatable bonds is 4. The van der Waals surface area contributed by atoms with Crippen LogP contribution in [0.3, 0.4) is 0 Å². The highest BCUT2D eigenvalue weighted by molar-refractivity contribution is 5.83. The van der Waals surface area contributed by atoms with Gasteiger partial charge in [0.25, 0.3) is 0 Å². The van der Waals surface area contributed by atoms with Crippen LogP contribution in [0.4, 0.5) is 0 Å². The number of aliphatic hydroxyl groups is 1. The van der Waals surface area contributed by atoms with E-state index in [0.29, 0.717) is 12.6 Å². The summed E-state index contributed by atoms with van der Waals surface area (Å²) in [5, 5.41) is 12.9. The summed E-state index contributed by atoms with van der Waals surface area (Å²) in [6, 6.07) is 14.8. The summed E-state index contributed by atoms with van der Waals surface area (Å²) in [4.78, 5) is 2.22. The molecule has 0 amide bonds. The van der Waals surface area contributed by atoms with E-state index in [4.69, 9.17) is 4.74 Å². The van der Waals surface area contributed by atoms with Crippen LogP contribution in [-0.4, -0.2) is 42.4 Å². The third kappa shape index (κ3) is 3.10. The Hall–Kier alpha value is -1.42. The highest BCUT2D eigenvalue weighted by Gasteiger charge is 2.28. The van der Waals surface area contributed by atoms with Gasteiger partial charge in [-0.2, -0.15) is 0 Å². The molecule has 0 saturated carbocycles. The van der Waals surface area contributed by atoms with Crippen molar-refractivity contribution < 1.29 is 9.84 Å². The summed E-state index contributed by atoms with van der Waals surface area (Å²) in [7, 11) is 2.07. The molecule has 1 aliphatic rings. The molecule has 0 spiro atoms. The van der Waals surface area contributed by atoms with Gasteiger partial charge in [-0.05, 0) is 42.8 Å². The van der Waals surface area contributed by atoms with Crippen molar-refractivity contribution in [3.8, 4) is 0 Å². The molecule has 112 valence electrons. The van der Waals surface area contributed by atoms with E-state index in [0.717, 1.165) is 18.6 Å². The van der Waals surface area contributed by atoms with Gasteiger partial charge in [0.2, 0.25) is 0 Å². The van der Waals surface area contributed by atoms with Crippen molar-refractivity contribution in [1.82, 2.24) is 4.90 Å². The number of likely N-dealkylation sites (N-methyl/N-ethyl adjacent to an activating group) is 1.